The summed E-state index contributed by atoms with van der Waals surface area (Å²) in [5, 5.41) is 1.77. The Kier molecular flexibility index (Phi) is 2.40. The van der Waals surface area contributed by atoms with Gasteiger partial charge in [-0.15, -0.1) is 0 Å². The van der Waals surface area contributed by atoms with Crippen LogP contribution in [0, 0.1) is 0 Å². The van der Waals surface area contributed by atoms with E-state index in [1.165, 1.54) is 0 Å². The molecule has 0 radical (unpaired) electrons. The molecule has 1 aromatic carbocycles. The predicted octanol–water partition coefficient (Wildman–Crippen LogP) is 2.50. The standard InChI is InChI=1S/C8H9NS/c1-2-10-8-6-4-3-5-7(8)9/h2-6H,1,9H2. The van der Waals surface area contributed by atoms with E-state index in [0.29, 0.717) is 0 Å². The van der Waals surface area contributed by atoms with Crippen molar-refractivity contribution in [3.8, 4) is 0 Å². The van der Waals surface area contributed by atoms with Gasteiger partial charge in [-0.25, -0.2) is 0 Å². The molecule has 0 aliphatic rings. The summed E-state index contributed by atoms with van der Waals surface area (Å²) in [5.74, 6) is 0. The number of rotatable bonds is 2. The van der Waals surface area contributed by atoms with Crippen molar-refractivity contribution in [2.24, 2.45) is 0 Å². The fraction of sp³-hybridized carbons (Fsp3) is 0. The molecule has 52 valence electrons. The highest BCUT2D eigenvalue weighted by atomic mass is 32.2. The van der Waals surface area contributed by atoms with Gasteiger partial charge in [0.05, 0.1) is 0 Å². The predicted molar refractivity (Wildman–Crippen MR) is 46.9 cm³/mol. The molecule has 0 saturated carbocycles. The molecule has 0 aromatic heterocycles. The van der Waals surface area contributed by atoms with Crippen molar-refractivity contribution >= 4 is 17.4 Å². The van der Waals surface area contributed by atoms with Gasteiger partial charge in [0.2, 0.25) is 0 Å². The first-order valence-electron chi connectivity index (χ1n) is 2.96. The minimum absolute atomic E-state index is 0.812. The topological polar surface area (TPSA) is 26.0 Å². The first-order valence-corrected chi connectivity index (χ1v) is 3.84. The second-order valence-electron chi connectivity index (χ2n) is 1.82. The van der Waals surface area contributed by atoms with E-state index in [1.807, 2.05) is 24.3 Å². The molecule has 0 bridgehead atoms. The average molecular weight is 151 g/mol. The zero-order chi connectivity index (χ0) is 7.40. The third-order valence-electron chi connectivity index (χ3n) is 1.13. The molecule has 2 N–H and O–H groups in total. The van der Waals surface area contributed by atoms with Crippen molar-refractivity contribution in [2.75, 3.05) is 5.73 Å². The van der Waals surface area contributed by atoms with Gasteiger partial charge in [-0.2, -0.15) is 0 Å². The lowest BCUT2D eigenvalue weighted by atomic mass is 10.3. The number of para-hydroxylation sites is 1. The fourth-order valence-electron chi connectivity index (χ4n) is 0.678. The Morgan fingerprint density at radius 1 is 1.40 bits per heavy atom. The van der Waals surface area contributed by atoms with Crippen molar-refractivity contribution in [1.82, 2.24) is 0 Å². The van der Waals surface area contributed by atoms with E-state index in [4.69, 9.17) is 5.73 Å². The quantitative estimate of drug-likeness (QED) is 0.519. The molecular weight excluding hydrogens is 142 g/mol. The third kappa shape index (κ3) is 1.54. The summed E-state index contributed by atoms with van der Waals surface area (Å²) < 4.78 is 0. The molecule has 0 atom stereocenters. The van der Waals surface area contributed by atoms with Crippen LogP contribution in [0.2, 0.25) is 0 Å². The largest absolute Gasteiger partial charge is 0.398 e. The molecule has 0 heterocycles. The number of hydrogen-bond acceptors (Lipinski definition) is 2. The van der Waals surface area contributed by atoms with E-state index in [-0.39, 0.29) is 0 Å². The first kappa shape index (κ1) is 7.22. The van der Waals surface area contributed by atoms with Crippen LogP contribution in [-0.4, -0.2) is 0 Å². The summed E-state index contributed by atoms with van der Waals surface area (Å²) in [6.45, 7) is 3.60. The van der Waals surface area contributed by atoms with Gasteiger partial charge in [0, 0.05) is 10.6 Å². The lowest BCUT2D eigenvalue weighted by Gasteiger charge is -1.98. The molecule has 0 saturated heterocycles. The van der Waals surface area contributed by atoms with E-state index in [1.54, 1.807) is 17.2 Å². The van der Waals surface area contributed by atoms with Crippen LogP contribution in [0.15, 0.2) is 41.1 Å². The van der Waals surface area contributed by atoms with Gasteiger partial charge in [0.15, 0.2) is 0 Å². The van der Waals surface area contributed by atoms with Crippen LogP contribution in [0.4, 0.5) is 5.69 Å². The number of benzene rings is 1. The molecule has 1 aromatic rings. The van der Waals surface area contributed by atoms with Crippen molar-refractivity contribution in [1.29, 1.82) is 0 Å². The van der Waals surface area contributed by atoms with Crippen molar-refractivity contribution in [3.05, 3.63) is 36.3 Å². The SMILES string of the molecule is C=CSc1ccccc1N. The van der Waals surface area contributed by atoms with Crippen LogP contribution in [-0.2, 0) is 0 Å². The van der Waals surface area contributed by atoms with Gasteiger partial charge in [-0.3, -0.25) is 0 Å². The Morgan fingerprint density at radius 2 is 2.10 bits per heavy atom. The Morgan fingerprint density at radius 3 is 2.70 bits per heavy atom. The van der Waals surface area contributed by atoms with Gasteiger partial charge in [0.1, 0.15) is 0 Å². The maximum absolute atomic E-state index is 5.64. The lowest BCUT2D eigenvalue weighted by Crippen LogP contribution is -1.85. The van der Waals surface area contributed by atoms with E-state index >= 15 is 0 Å². The number of nitrogen functional groups attached to an aromatic ring is 1. The molecule has 0 amide bonds. The maximum Gasteiger partial charge on any atom is 0.0455 e. The second kappa shape index (κ2) is 3.32. The van der Waals surface area contributed by atoms with Crippen molar-refractivity contribution in [3.63, 3.8) is 0 Å². The lowest BCUT2D eigenvalue weighted by molar-refractivity contribution is 1.47. The molecule has 2 heteroatoms. The van der Waals surface area contributed by atoms with Gasteiger partial charge in [-0.1, -0.05) is 30.5 Å². The molecule has 0 unspecified atom stereocenters. The minimum atomic E-state index is 0.812. The Labute approximate surface area is 64.9 Å². The molecular formula is C8H9NS. The maximum atomic E-state index is 5.64. The first-order chi connectivity index (χ1) is 4.84. The summed E-state index contributed by atoms with van der Waals surface area (Å²) in [5.41, 5.74) is 6.45. The van der Waals surface area contributed by atoms with Crippen LogP contribution in [0.1, 0.15) is 0 Å². The summed E-state index contributed by atoms with van der Waals surface area (Å²) in [6, 6.07) is 7.73. The average Bonchev–Trinajstić information content (AvgIpc) is 1.94. The number of anilines is 1. The molecule has 0 spiro atoms. The highest BCUT2D eigenvalue weighted by Gasteiger charge is 1.92. The van der Waals surface area contributed by atoms with Crippen LogP contribution in [0.25, 0.3) is 0 Å². The van der Waals surface area contributed by atoms with E-state index in [9.17, 15) is 0 Å². The fourth-order valence-corrected chi connectivity index (χ4v) is 1.22. The molecule has 10 heavy (non-hydrogen) atoms. The van der Waals surface area contributed by atoms with Gasteiger partial charge in [-0.05, 0) is 17.5 Å². The Balaban J connectivity index is 2.91. The zero-order valence-corrected chi connectivity index (χ0v) is 6.40. The Bertz CT molecular complexity index is 232. The molecule has 1 nitrogen and oxygen atoms in total. The van der Waals surface area contributed by atoms with Crippen molar-refractivity contribution < 1.29 is 0 Å². The summed E-state index contributed by atoms with van der Waals surface area (Å²) in [7, 11) is 0. The monoisotopic (exact) mass is 151 g/mol. The third-order valence-corrected chi connectivity index (χ3v) is 1.92. The highest BCUT2D eigenvalue weighted by molar-refractivity contribution is 8.02. The van der Waals surface area contributed by atoms with Gasteiger partial charge >= 0.3 is 0 Å². The smallest absolute Gasteiger partial charge is 0.0455 e. The summed E-state index contributed by atoms with van der Waals surface area (Å²) in [6.07, 6.45) is 0. The second-order valence-corrected chi connectivity index (χ2v) is 2.83. The summed E-state index contributed by atoms with van der Waals surface area (Å²) in [4.78, 5) is 1.07. The minimum Gasteiger partial charge on any atom is -0.398 e. The number of thioether (sulfide) groups is 1. The zero-order valence-electron chi connectivity index (χ0n) is 5.58. The van der Waals surface area contributed by atoms with Crippen LogP contribution in [0.3, 0.4) is 0 Å². The van der Waals surface area contributed by atoms with Crippen LogP contribution in [0.5, 0.6) is 0 Å². The highest BCUT2D eigenvalue weighted by Crippen LogP contribution is 2.24. The molecule has 0 fully saturated rings. The Hall–Kier alpha value is -0.890. The number of nitrogens with two attached hydrogens (primary N) is 1. The van der Waals surface area contributed by atoms with Gasteiger partial charge in [0.25, 0.3) is 0 Å². The van der Waals surface area contributed by atoms with Crippen LogP contribution >= 0.6 is 11.8 Å². The molecule has 0 aliphatic carbocycles. The molecule has 1 rings (SSSR count). The van der Waals surface area contributed by atoms with E-state index in [0.717, 1.165) is 10.6 Å². The number of hydrogen-bond donors (Lipinski definition) is 1. The van der Waals surface area contributed by atoms with Crippen LogP contribution < -0.4 is 5.73 Å². The van der Waals surface area contributed by atoms with E-state index in [2.05, 4.69) is 6.58 Å². The van der Waals surface area contributed by atoms with Gasteiger partial charge < -0.3 is 5.73 Å². The summed E-state index contributed by atoms with van der Waals surface area (Å²) >= 11 is 1.54. The van der Waals surface area contributed by atoms with E-state index < -0.39 is 0 Å². The normalized spacial score (nSPS) is 9.20. The van der Waals surface area contributed by atoms with Crippen molar-refractivity contribution in [2.45, 2.75) is 4.90 Å². The molecule has 0 aliphatic heterocycles.